The third-order valence-corrected chi connectivity index (χ3v) is 7.08. The molecule has 9 nitrogen and oxygen atoms in total. The first-order valence-corrected chi connectivity index (χ1v) is 12.7. The maximum Gasteiger partial charge on any atom is 0.269 e. The number of amides is 1. The van der Waals surface area contributed by atoms with Gasteiger partial charge in [0.25, 0.3) is 15.7 Å². The van der Waals surface area contributed by atoms with Gasteiger partial charge in [0.1, 0.15) is 5.75 Å². The van der Waals surface area contributed by atoms with Gasteiger partial charge in [0.15, 0.2) is 0 Å². The van der Waals surface area contributed by atoms with Gasteiger partial charge in [-0.3, -0.25) is 19.6 Å². The zero-order chi connectivity index (χ0) is 24.7. The summed E-state index contributed by atoms with van der Waals surface area (Å²) in [6.07, 6.45) is 0. The summed E-state index contributed by atoms with van der Waals surface area (Å²) in [5.74, 6) is 0.858. The summed E-state index contributed by atoms with van der Waals surface area (Å²) in [6, 6.07) is 17.2. The van der Waals surface area contributed by atoms with Crippen molar-refractivity contribution in [3.63, 3.8) is 0 Å². The number of hydrogen-bond donors (Lipinski definition) is 2. The molecule has 3 aromatic rings. The molecule has 0 radical (unpaired) electrons. The predicted octanol–water partition coefficient (Wildman–Crippen LogP) is 4.58. The minimum atomic E-state index is -3.85. The van der Waals surface area contributed by atoms with Crippen LogP contribution >= 0.6 is 11.8 Å². The van der Waals surface area contributed by atoms with Crippen LogP contribution in [0.4, 0.5) is 17.1 Å². The zero-order valence-electron chi connectivity index (χ0n) is 18.5. The Balaban J connectivity index is 1.55. The fraction of sp³-hybridized carbons (Fsp3) is 0.174. The van der Waals surface area contributed by atoms with Crippen molar-refractivity contribution in [2.45, 2.75) is 17.6 Å². The number of benzene rings is 3. The number of carbonyl (C=O) groups excluding carboxylic acids is 1. The van der Waals surface area contributed by atoms with E-state index in [1.54, 1.807) is 24.3 Å². The third-order valence-electron chi connectivity index (χ3n) is 4.70. The van der Waals surface area contributed by atoms with Gasteiger partial charge in [-0.25, -0.2) is 8.42 Å². The van der Waals surface area contributed by atoms with E-state index in [0.29, 0.717) is 22.9 Å². The number of thioether (sulfide) groups is 1. The van der Waals surface area contributed by atoms with Crippen molar-refractivity contribution in [3.05, 3.63) is 88.0 Å². The molecular formula is C23H23N3O6S2. The van der Waals surface area contributed by atoms with Gasteiger partial charge in [-0.15, -0.1) is 11.8 Å². The van der Waals surface area contributed by atoms with Crippen LogP contribution in [0, 0.1) is 17.0 Å². The maximum absolute atomic E-state index is 12.8. The molecule has 34 heavy (non-hydrogen) atoms. The molecule has 1 amide bonds. The smallest absolute Gasteiger partial charge is 0.269 e. The molecule has 0 atom stereocenters. The first-order chi connectivity index (χ1) is 16.2. The van der Waals surface area contributed by atoms with Gasteiger partial charge in [0.2, 0.25) is 5.91 Å². The first kappa shape index (κ1) is 25.1. The minimum Gasteiger partial charge on any atom is -0.495 e. The summed E-state index contributed by atoms with van der Waals surface area (Å²) >= 11 is 1.36. The average Bonchev–Trinajstić information content (AvgIpc) is 2.79. The molecule has 3 rings (SSSR count). The van der Waals surface area contributed by atoms with Gasteiger partial charge in [0.05, 0.1) is 28.4 Å². The number of non-ortho nitro benzene ring substituents is 1. The topological polar surface area (TPSA) is 128 Å². The van der Waals surface area contributed by atoms with Gasteiger partial charge in [-0.05, 0) is 54.4 Å². The zero-order valence-corrected chi connectivity index (χ0v) is 20.1. The van der Waals surface area contributed by atoms with Crippen LogP contribution < -0.4 is 14.8 Å². The van der Waals surface area contributed by atoms with E-state index in [0.717, 1.165) is 11.1 Å². The van der Waals surface area contributed by atoms with Crippen LogP contribution in [0.3, 0.4) is 0 Å². The fourth-order valence-electron chi connectivity index (χ4n) is 3.00. The number of carbonyl (C=O) groups is 1. The lowest BCUT2D eigenvalue weighted by molar-refractivity contribution is -0.384. The van der Waals surface area contributed by atoms with Crippen molar-refractivity contribution >= 4 is 44.8 Å². The maximum atomic E-state index is 12.8. The molecule has 178 valence electrons. The molecule has 11 heteroatoms. The highest BCUT2D eigenvalue weighted by atomic mass is 32.2. The molecule has 0 fully saturated rings. The normalized spacial score (nSPS) is 11.0. The lowest BCUT2D eigenvalue weighted by Gasteiger charge is -2.13. The molecule has 0 aliphatic heterocycles. The number of nitrogens with one attached hydrogen (secondary N) is 2. The molecular weight excluding hydrogens is 478 g/mol. The largest absolute Gasteiger partial charge is 0.495 e. The standard InChI is InChI=1S/C23H23N3O6S2/c1-16-3-12-22(32-2)21(13-16)25-34(30,31)20-10-6-18(7-11-20)24-23(27)15-33-14-17-4-8-19(9-5-17)26(28)29/h3-13,25H,14-15H2,1-2H3,(H,24,27). The molecule has 3 aromatic carbocycles. The number of anilines is 2. The van der Waals surface area contributed by atoms with Crippen LogP contribution in [-0.4, -0.2) is 32.1 Å². The van der Waals surface area contributed by atoms with Crippen molar-refractivity contribution < 1.29 is 22.9 Å². The number of nitrogens with zero attached hydrogens (tertiary/aromatic N) is 1. The number of methoxy groups -OCH3 is 1. The Morgan fingerprint density at radius 2 is 1.74 bits per heavy atom. The van der Waals surface area contributed by atoms with Crippen LogP contribution in [0.15, 0.2) is 71.6 Å². The van der Waals surface area contributed by atoms with Crippen LogP contribution in [0.1, 0.15) is 11.1 Å². The first-order valence-electron chi connectivity index (χ1n) is 10.1. The van der Waals surface area contributed by atoms with E-state index in [-0.39, 0.29) is 22.2 Å². The molecule has 0 aromatic heterocycles. The number of rotatable bonds is 10. The van der Waals surface area contributed by atoms with E-state index >= 15 is 0 Å². The second kappa shape index (κ2) is 11.0. The molecule has 0 saturated carbocycles. The molecule has 0 bridgehead atoms. The molecule has 0 unspecified atom stereocenters. The number of hydrogen-bond acceptors (Lipinski definition) is 7. The number of nitro groups is 1. The van der Waals surface area contributed by atoms with Crippen LogP contribution in [0.5, 0.6) is 5.75 Å². The SMILES string of the molecule is COc1ccc(C)cc1NS(=O)(=O)c1ccc(NC(=O)CSCc2ccc([N+](=O)[O-])cc2)cc1. The van der Waals surface area contributed by atoms with Gasteiger partial charge in [0, 0.05) is 23.6 Å². The number of sulfonamides is 1. The van der Waals surface area contributed by atoms with E-state index in [1.807, 2.05) is 13.0 Å². The van der Waals surface area contributed by atoms with E-state index in [9.17, 15) is 23.3 Å². The Hall–Kier alpha value is -3.57. The minimum absolute atomic E-state index is 0.0187. The monoisotopic (exact) mass is 501 g/mol. The molecule has 0 saturated heterocycles. The van der Waals surface area contributed by atoms with Crippen molar-refractivity contribution in [1.29, 1.82) is 0 Å². The summed E-state index contributed by atoms with van der Waals surface area (Å²) in [5, 5.41) is 13.4. The Bertz CT molecular complexity index is 1280. The summed E-state index contributed by atoms with van der Waals surface area (Å²) in [5.41, 5.74) is 2.57. The van der Waals surface area contributed by atoms with Crippen LogP contribution in [0.25, 0.3) is 0 Å². The van der Waals surface area contributed by atoms with Gasteiger partial charge in [-0.2, -0.15) is 0 Å². The van der Waals surface area contributed by atoms with Crippen molar-refractivity contribution in [2.24, 2.45) is 0 Å². The van der Waals surface area contributed by atoms with Crippen molar-refractivity contribution in [1.82, 2.24) is 0 Å². The third kappa shape index (κ3) is 6.72. The lowest BCUT2D eigenvalue weighted by Crippen LogP contribution is -2.15. The fourth-order valence-corrected chi connectivity index (χ4v) is 4.84. The second-order valence-corrected chi connectivity index (χ2v) is 9.97. The summed E-state index contributed by atoms with van der Waals surface area (Å²) in [7, 11) is -2.39. The lowest BCUT2D eigenvalue weighted by atomic mass is 10.2. The highest BCUT2D eigenvalue weighted by molar-refractivity contribution is 7.99. The van der Waals surface area contributed by atoms with Crippen molar-refractivity contribution in [3.8, 4) is 5.75 Å². The Labute approximate surface area is 201 Å². The van der Waals surface area contributed by atoms with Crippen LogP contribution in [0.2, 0.25) is 0 Å². The van der Waals surface area contributed by atoms with Gasteiger partial charge >= 0.3 is 0 Å². The quantitative estimate of drug-likeness (QED) is 0.307. The summed E-state index contributed by atoms with van der Waals surface area (Å²) in [6.45, 7) is 1.85. The van der Waals surface area contributed by atoms with Crippen LogP contribution in [-0.2, 0) is 20.6 Å². The van der Waals surface area contributed by atoms with Crippen molar-refractivity contribution in [2.75, 3.05) is 22.9 Å². The molecule has 0 aliphatic carbocycles. The van der Waals surface area contributed by atoms with E-state index in [1.165, 1.54) is 55.3 Å². The summed E-state index contributed by atoms with van der Waals surface area (Å²) < 4.78 is 33.3. The highest BCUT2D eigenvalue weighted by Crippen LogP contribution is 2.28. The molecule has 0 aliphatic rings. The average molecular weight is 502 g/mol. The van der Waals surface area contributed by atoms with Gasteiger partial charge in [-0.1, -0.05) is 18.2 Å². The Morgan fingerprint density at radius 3 is 2.35 bits per heavy atom. The van der Waals surface area contributed by atoms with Gasteiger partial charge < -0.3 is 10.1 Å². The van der Waals surface area contributed by atoms with E-state index in [2.05, 4.69) is 10.0 Å². The summed E-state index contributed by atoms with van der Waals surface area (Å²) in [4.78, 5) is 22.5. The molecule has 2 N–H and O–H groups in total. The van der Waals surface area contributed by atoms with E-state index in [4.69, 9.17) is 4.74 Å². The predicted molar refractivity (Wildman–Crippen MR) is 133 cm³/mol. The Kier molecular flexibility index (Phi) is 8.13. The number of ether oxygens (including phenoxy) is 1. The number of aryl methyl sites for hydroxylation is 1. The number of nitro benzene ring substituents is 1. The molecule has 0 heterocycles. The second-order valence-electron chi connectivity index (χ2n) is 7.30. The Morgan fingerprint density at radius 1 is 1.06 bits per heavy atom. The molecule has 0 spiro atoms. The highest BCUT2D eigenvalue weighted by Gasteiger charge is 2.17. The van der Waals surface area contributed by atoms with E-state index < -0.39 is 14.9 Å².